The third kappa shape index (κ3) is 3.12. The first-order valence-corrected chi connectivity index (χ1v) is 6.23. The second-order valence-corrected chi connectivity index (χ2v) is 4.65. The second kappa shape index (κ2) is 5.71. The molecule has 17 heavy (non-hydrogen) atoms. The fourth-order valence-electron chi connectivity index (χ4n) is 2.06. The van der Waals surface area contributed by atoms with Gasteiger partial charge in [-0.25, -0.2) is 4.98 Å². The summed E-state index contributed by atoms with van der Waals surface area (Å²) < 4.78 is 5.71. The summed E-state index contributed by atoms with van der Waals surface area (Å²) in [6.07, 6.45) is 7.18. The lowest BCUT2D eigenvalue weighted by atomic mass is 9.81. The molecule has 0 amide bonds. The summed E-state index contributed by atoms with van der Waals surface area (Å²) in [4.78, 5) is 4.04. The van der Waals surface area contributed by atoms with Gasteiger partial charge in [0.1, 0.15) is 11.1 Å². The van der Waals surface area contributed by atoms with Gasteiger partial charge in [0.2, 0.25) is 5.88 Å². The molecule has 0 spiro atoms. The minimum atomic E-state index is -1.60. The van der Waals surface area contributed by atoms with Crippen LogP contribution in [0.15, 0.2) is 12.3 Å². The first-order chi connectivity index (χ1) is 8.18. The van der Waals surface area contributed by atoms with Crippen molar-refractivity contribution in [3.63, 3.8) is 0 Å². The lowest BCUT2D eigenvalue weighted by Crippen LogP contribution is -2.32. The third-order valence-electron chi connectivity index (χ3n) is 3.00. The molecule has 1 aromatic rings. The van der Waals surface area contributed by atoms with E-state index < -0.39 is 7.12 Å². The molecule has 1 aliphatic rings. The summed E-state index contributed by atoms with van der Waals surface area (Å²) in [5, 5.41) is 18.4. The molecule has 0 atom stereocenters. The zero-order chi connectivity index (χ0) is 12.3. The van der Waals surface area contributed by atoms with Gasteiger partial charge in [0.15, 0.2) is 0 Å². The highest BCUT2D eigenvalue weighted by molar-refractivity contribution is 6.63. The number of aromatic nitrogens is 1. The van der Waals surface area contributed by atoms with Crippen LogP contribution in [0.5, 0.6) is 5.88 Å². The molecule has 1 aromatic heterocycles. The van der Waals surface area contributed by atoms with E-state index in [1.54, 1.807) is 0 Å². The number of hydrogen-bond acceptors (Lipinski definition) is 4. The topological polar surface area (TPSA) is 62.6 Å². The molecule has 92 valence electrons. The molecular weight excluding hydrogens is 240 g/mol. The predicted octanol–water partition coefficient (Wildman–Crippen LogP) is 1.13. The van der Waals surface area contributed by atoms with E-state index in [-0.39, 0.29) is 16.6 Å². The van der Waals surface area contributed by atoms with E-state index in [0.717, 1.165) is 25.7 Å². The van der Waals surface area contributed by atoms with Crippen molar-refractivity contribution in [3.05, 3.63) is 17.3 Å². The van der Waals surface area contributed by atoms with E-state index >= 15 is 0 Å². The first-order valence-electron chi connectivity index (χ1n) is 5.85. The monoisotopic (exact) mass is 255 g/mol. The van der Waals surface area contributed by atoms with Crippen molar-refractivity contribution in [1.82, 2.24) is 4.98 Å². The average Bonchev–Trinajstić information content (AvgIpc) is 2.33. The van der Waals surface area contributed by atoms with Crippen molar-refractivity contribution >= 4 is 24.2 Å². The Kier molecular flexibility index (Phi) is 4.26. The van der Waals surface area contributed by atoms with Crippen LogP contribution in [0.25, 0.3) is 0 Å². The summed E-state index contributed by atoms with van der Waals surface area (Å²) in [5.74, 6) is 0.296. The third-order valence-corrected chi connectivity index (χ3v) is 3.38. The number of nitrogens with zero attached hydrogens (tertiary/aromatic N) is 1. The molecule has 0 aliphatic heterocycles. The van der Waals surface area contributed by atoms with Crippen molar-refractivity contribution in [2.24, 2.45) is 0 Å². The number of halogens is 1. The van der Waals surface area contributed by atoms with Crippen LogP contribution in [0.2, 0.25) is 5.02 Å². The Balaban J connectivity index is 2.12. The van der Waals surface area contributed by atoms with Crippen LogP contribution in [-0.2, 0) is 0 Å². The maximum atomic E-state index is 9.12. The summed E-state index contributed by atoms with van der Waals surface area (Å²) >= 11 is 6.02. The van der Waals surface area contributed by atoms with E-state index in [1.165, 1.54) is 18.7 Å². The molecule has 0 unspecified atom stereocenters. The van der Waals surface area contributed by atoms with Crippen LogP contribution in [-0.4, -0.2) is 28.3 Å². The van der Waals surface area contributed by atoms with Crippen molar-refractivity contribution < 1.29 is 14.8 Å². The fraction of sp³-hybridized carbons (Fsp3) is 0.545. The van der Waals surface area contributed by atoms with Gasteiger partial charge in [-0.3, -0.25) is 0 Å². The highest BCUT2D eigenvalue weighted by atomic mass is 35.5. The molecule has 2 N–H and O–H groups in total. The highest BCUT2D eigenvalue weighted by Gasteiger charge is 2.22. The smallest absolute Gasteiger partial charge is 0.473 e. The number of hydrogen-bond donors (Lipinski definition) is 2. The molecule has 2 rings (SSSR count). The summed E-state index contributed by atoms with van der Waals surface area (Å²) in [6.45, 7) is 0. The van der Waals surface area contributed by atoms with E-state index in [2.05, 4.69) is 4.98 Å². The molecule has 1 fully saturated rings. The van der Waals surface area contributed by atoms with Crippen LogP contribution in [0.4, 0.5) is 0 Å². The van der Waals surface area contributed by atoms with Gasteiger partial charge >= 0.3 is 7.12 Å². The zero-order valence-corrected chi connectivity index (χ0v) is 10.2. The van der Waals surface area contributed by atoms with Gasteiger partial charge in [-0.15, -0.1) is 0 Å². The van der Waals surface area contributed by atoms with Gasteiger partial charge in [-0.05, 0) is 31.7 Å². The molecule has 1 heterocycles. The number of pyridine rings is 1. The van der Waals surface area contributed by atoms with E-state index in [4.69, 9.17) is 26.4 Å². The van der Waals surface area contributed by atoms with Gasteiger partial charge in [-0.2, -0.15) is 0 Å². The van der Waals surface area contributed by atoms with E-state index in [1.807, 2.05) is 0 Å². The Bertz CT molecular complexity index is 383. The van der Waals surface area contributed by atoms with Crippen molar-refractivity contribution in [1.29, 1.82) is 0 Å². The molecule has 0 aromatic carbocycles. The van der Waals surface area contributed by atoms with E-state index in [9.17, 15) is 0 Å². The Hall–Kier alpha value is -0.775. The molecule has 0 saturated heterocycles. The van der Waals surface area contributed by atoms with Gasteiger partial charge < -0.3 is 14.8 Å². The summed E-state index contributed by atoms with van der Waals surface area (Å²) in [7, 11) is -1.60. The molecular formula is C11H15BClNO3. The molecule has 1 aliphatic carbocycles. The van der Waals surface area contributed by atoms with Crippen LogP contribution in [0.3, 0.4) is 0 Å². The summed E-state index contributed by atoms with van der Waals surface area (Å²) in [5.41, 5.74) is 0.229. The maximum absolute atomic E-state index is 9.12. The molecule has 0 radical (unpaired) electrons. The van der Waals surface area contributed by atoms with Crippen LogP contribution >= 0.6 is 11.6 Å². The lowest BCUT2D eigenvalue weighted by molar-refractivity contribution is 0.149. The number of rotatable bonds is 3. The van der Waals surface area contributed by atoms with E-state index in [0.29, 0.717) is 5.88 Å². The Morgan fingerprint density at radius 3 is 2.65 bits per heavy atom. The van der Waals surface area contributed by atoms with Gasteiger partial charge in [0, 0.05) is 11.7 Å². The minimum absolute atomic E-state index is 0.139. The Morgan fingerprint density at radius 2 is 2.00 bits per heavy atom. The second-order valence-electron chi connectivity index (χ2n) is 4.27. The van der Waals surface area contributed by atoms with Gasteiger partial charge in [0.05, 0.1) is 0 Å². The maximum Gasteiger partial charge on any atom is 0.490 e. The fourth-order valence-corrected chi connectivity index (χ4v) is 2.31. The quantitative estimate of drug-likeness (QED) is 0.795. The molecule has 1 saturated carbocycles. The SMILES string of the molecule is OB(O)c1ccnc(OC2CCCCC2)c1Cl. The first kappa shape index (κ1) is 12.7. The highest BCUT2D eigenvalue weighted by Crippen LogP contribution is 2.26. The van der Waals surface area contributed by atoms with Crippen molar-refractivity contribution in [2.75, 3.05) is 0 Å². The molecule has 4 nitrogen and oxygen atoms in total. The lowest BCUT2D eigenvalue weighted by Gasteiger charge is -2.23. The molecule has 0 bridgehead atoms. The molecule has 6 heteroatoms. The van der Waals surface area contributed by atoms with Gasteiger partial charge in [0.25, 0.3) is 0 Å². The Morgan fingerprint density at radius 1 is 1.29 bits per heavy atom. The normalized spacial score (nSPS) is 16.9. The summed E-state index contributed by atoms with van der Waals surface area (Å²) in [6, 6.07) is 1.47. The van der Waals surface area contributed by atoms with Crippen LogP contribution < -0.4 is 10.2 Å². The average molecular weight is 256 g/mol. The van der Waals surface area contributed by atoms with Gasteiger partial charge in [-0.1, -0.05) is 18.0 Å². The van der Waals surface area contributed by atoms with Crippen molar-refractivity contribution in [3.8, 4) is 5.88 Å². The standard InChI is InChI=1S/C11H15BClNO3/c13-10-9(12(15)16)6-7-14-11(10)17-8-4-2-1-3-5-8/h6-8,15-16H,1-5H2. The minimum Gasteiger partial charge on any atom is -0.473 e. The Labute approximate surface area is 106 Å². The van der Waals surface area contributed by atoms with Crippen molar-refractivity contribution in [2.45, 2.75) is 38.2 Å². The van der Waals surface area contributed by atoms with Crippen LogP contribution in [0, 0.1) is 0 Å². The predicted molar refractivity (Wildman–Crippen MR) is 66.6 cm³/mol. The number of ether oxygens (including phenoxy) is 1. The zero-order valence-electron chi connectivity index (χ0n) is 9.47. The largest absolute Gasteiger partial charge is 0.490 e. The van der Waals surface area contributed by atoms with Crippen LogP contribution in [0.1, 0.15) is 32.1 Å².